The standard InChI is InChI=1S/C13H17N3O3S2/c1-2-3-6-19-11(17)9-20-13-16-15-12(21-13)14-8-10-5-4-7-18-10/h4-5,7H,2-3,6,8-9H2,1H3,(H,14,15). The van der Waals surface area contributed by atoms with Crippen molar-refractivity contribution in [2.75, 3.05) is 17.7 Å². The van der Waals surface area contributed by atoms with E-state index in [9.17, 15) is 4.79 Å². The molecule has 21 heavy (non-hydrogen) atoms. The van der Waals surface area contributed by atoms with Crippen molar-refractivity contribution in [2.24, 2.45) is 0 Å². The van der Waals surface area contributed by atoms with E-state index >= 15 is 0 Å². The van der Waals surface area contributed by atoms with Crippen molar-refractivity contribution in [3.05, 3.63) is 24.2 Å². The third kappa shape index (κ3) is 5.76. The van der Waals surface area contributed by atoms with Gasteiger partial charge in [0.1, 0.15) is 5.76 Å². The van der Waals surface area contributed by atoms with Gasteiger partial charge in [0.05, 0.1) is 25.2 Å². The number of hydrogen-bond acceptors (Lipinski definition) is 8. The molecule has 0 aliphatic heterocycles. The Kier molecular flexibility index (Phi) is 6.55. The number of thioether (sulfide) groups is 1. The van der Waals surface area contributed by atoms with Gasteiger partial charge in [0, 0.05) is 0 Å². The van der Waals surface area contributed by atoms with E-state index in [0.717, 1.165) is 22.9 Å². The number of nitrogens with one attached hydrogen (secondary N) is 1. The van der Waals surface area contributed by atoms with Crippen molar-refractivity contribution in [3.8, 4) is 0 Å². The highest BCUT2D eigenvalue weighted by Gasteiger charge is 2.09. The summed E-state index contributed by atoms with van der Waals surface area (Å²) in [4.78, 5) is 11.5. The Balaban J connectivity index is 1.69. The normalized spacial score (nSPS) is 10.5. The molecule has 0 amide bonds. The van der Waals surface area contributed by atoms with Crippen LogP contribution in [0.4, 0.5) is 5.13 Å². The highest BCUT2D eigenvalue weighted by atomic mass is 32.2. The van der Waals surface area contributed by atoms with Crippen molar-refractivity contribution < 1.29 is 13.9 Å². The van der Waals surface area contributed by atoms with E-state index in [4.69, 9.17) is 9.15 Å². The molecule has 0 bridgehead atoms. The van der Waals surface area contributed by atoms with Gasteiger partial charge in [-0.15, -0.1) is 10.2 Å². The van der Waals surface area contributed by atoms with E-state index in [1.54, 1.807) is 6.26 Å². The Hall–Kier alpha value is -1.54. The minimum Gasteiger partial charge on any atom is -0.467 e. The SMILES string of the molecule is CCCCOC(=O)CSc1nnc(NCc2ccco2)s1. The third-order valence-electron chi connectivity index (χ3n) is 2.47. The molecule has 2 aromatic heterocycles. The van der Waals surface area contributed by atoms with E-state index < -0.39 is 0 Å². The predicted molar refractivity (Wildman–Crippen MR) is 82.5 cm³/mol. The van der Waals surface area contributed by atoms with Gasteiger partial charge in [0.15, 0.2) is 4.34 Å². The largest absolute Gasteiger partial charge is 0.467 e. The molecule has 2 rings (SSSR count). The van der Waals surface area contributed by atoms with Gasteiger partial charge in [-0.1, -0.05) is 36.4 Å². The summed E-state index contributed by atoms with van der Waals surface area (Å²) in [5.41, 5.74) is 0. The van der Waals surface area contributed by atoms with Crippen LogP contribution in [0.15, 0.2) is 27.2 Å². The summed E-state index contributed by atoms with van der Waals surface area (Å²) in [7, 11) is 0. The summed E-state index contributed by atoms with van der Waals surface area (Å²) in [5, 5.41) is 11.8. The number of nitrogens with zero attached hydrogens (tertiary/aromatic N) is 2. The lowest BCUT2D eigenvalue weighted by Gasteiger charge is -2.01. The molecule has 2 aromatic rings. The minimum absolute atomic E-state index is 0.214. The highest BCUT2D eigenvalue weighted by Crippen LogP contribution is 2.25. The van der Waals surface area contributed by atoms with Crippen LogP contribution >= 0.6 is 23.1 Å². The van der Waals surface area contributed by atoms with Crippen molar-refractivity contribution in [2.45, 2.75) is 30.6 Å². The van der Waals surface area contributed by atoms with Crippen molar-refractivity contribution in [3.63, 3.8) is 0 Å². The van der Waals surface area contributed by atoms with Crippen molar-refractivity contribution in [1.29, 1.82) is 0 Å². The Morgan fingerprint density at radius 1 is 1.52 bits per heavy atom. The van der Waals surface area contributed by atoms with E-state index in [1.807, 2.05) is 12.1 Å². The quantitative estimate of drug-likeness (QED) is 0.430. The Morgan fingerprint density at radius 3 is 3.19 bits per heavy atom. The maximum absolute atomic E-state index is 11.5. The molecule has 0 saturated heterocycles. The second-order valence-corrected chi connectivity index (χ2v) is 6.37. The number of hydrogen-bond donors (Lipinski definition) is 1. The number of carbonyl (C=O) groups excluding carboxylic acids is 1. The lowest BCUT2D eigenvalue weighted by Crippen LogP contribution is -2.08. The predicted octanol–water partition coefficient (Wildman–Crippen LogP) is 3.18. The first-order valence-corrected chi connectivity index (χ1v) is 8.46. The molecule has 114 valence electrons. The number of rotatable bonds is 9. The number of esters is 1. The average Bonchev–Trinajstić information content (AvgIpc) is 3.15. The van der Waals surface area contributed by atoms with Crippen LogP contribution in [-0.2, 0) is 16.1 Å². The maximum Gasteiger partial charge on any atom is 0.316 e. The first-order chi connectivity index (χ1) is 10.3. The van der Waals surface area contributed by atoms with Crippen molar-refractivity contribution in [1.82, 2.24) is 10.2 Å². The van der Waals surface area contributed by atoms with Crippen LogP contribution in [0.3, 0.4) is 0 Å². The molecule has 0 aromatic carbocycles. The molecule has 0 fully saturated rings. The minimum atomic E-state index is -0.214. The fourth-order valence-corrected chi connectivity index (χ4v) is 2.95. The molecule has 1 N–H and O–H groups in total. The summed E-state index contributed by atoms with van der Waals surface area (Å²) in [6.07, 6.45) is 3.54. The lowest BCUT2D eigenvalue weighted by atomic mass is 10.4. The topological polar surface area (TPSA) is 77.2 Å². The van der Waals surface area contributed by atoms with Crippen LogP contribution in [0.25, 0.3) is 0 Å². The molecule has 0 saturated carbocycles. The van der Waals surface area contributed by atoms with Crippen LogP contribution in [0, 0.1) is 0 Å². The van der Waals surface area contributed by atoms with Crippen LogP contribution < -0.4 is 5.32 Å². The van der Waals surface area contributed by atoms with Gasteiger partial charge in [0.25, 0.3) is 0 Å². The molecule has 0 aliphatic rings. The third-order valence-corrected chi connectivity index (χ3v) is 4.46. The summed E-state index contributed by atoms with van der Waals surface area (Å²) < 4.78 is 11.0. The van der Waals surface area contributed by atoms with Gasteiger partial charge < -0.3 is 14.5 Å². The van der Waals surface area contributed by atoms with Crippen LogP contribution in [0.1, 0.15) is 25.5 Å². The molecule has 0 unspecified atom stereocenters. The average molecular weight is 327 g/mol. The van der Waals surface area contributed by atoms with Crippen molar-refractivity contribution >= 4 is 34.2 Å². The van der Waals surface area contributed by atoms with E-state index in [0.29, 0.717) is 18.3 Å². The molecule has 0 atom stereocenters. The van der Waals surface area contributed by atoms with Gasteiger partial charge in [0.2, 0.25) is 5.13 Å². The molecular weight excluding hydrogens is 310 g/mol. The molecule has 0 aliphatic carbocycles. The van der Waals surface area contributed by atoms with Crippen LogP contribution in [0.2, 0.25) is 0 Å². The van der Waals surface area contributed by atoms with Gasteiger partial charge >= 0.3 is 5.97 Å². The molecule has 2 heterocycles. The van der Waals surface area contributed by atoms with E-state index in [-0.39, 0.29) is 11.7 Å². The van der Waals surface area contributed by atoms with Gasteiger partial charge in [-0.2, -0.15) is 0 Å². The zero-order chi connectivity index (χ0) is 14.9. The lowest BCUT2D eigenvalue weighted by molar-refractivity contribution is -0.140. The van der Waals surface area contributed by atoms with Gasteiger partial charge in [-0.25, -0.2) is 0 Å². The summed E-state index contributed by atoms with van der Waals surface area (Å²) >= 11 is 2.74. The number of ether oxygens (including phenoxy) is 1. The van der Waals surface area contributed by atoms with Crippen LogP contribution in [-0.4, -0.2) is 28.5 Å². The Morgan fingerprint density at radius 2 is 2.43 bits per heavy atom. The Labute approximate surface area is 131 Å². The van der Waals surface area contributed by atoms with E-state index in [2.05, 4.69) is 22.4 Å². The Bertz CT molecular complexity index is 543. The second kappa shape index (κ2) is 8.68. The van der Waals surface area contributed by atoms with Gasteiger partial charge in [-0.3, -0.25) is 4.79 Å². The highest BCUT2D eigenvalue weighted by molar-refractivity contribution is 8.01. The second-order valence-electron chi connectivity index (χ2n) is 4.17. The molecule has 0 radical (unpaired) electrons. The van der Waals surface area contributed by atoms with E-state index in [1.165, 1.54) is 23.1 Å². The molecule has 0 spiro atoms. The van der Waals surface area contributed by atoms with Crippen LogP contribution in [0.5, 0.6) is 0 Å². The fraction of sp³-hybridized carbons (Fsp3) is 0.462. The number of carbonyl (C=O) groups is 1. The summed E-state index contributed by atoms with van der Waals surface area (Å²) in [6.45, 7) is 3.11. The number of anilines is 1. The van der Waals surface area contributed by atoms with Gasteiger partial charge in [-0.05, 0) is 18.6 Å². The number of furan rings is 1. The summed E-state index contributed by atoms with van der Waals surface area (Å²) in [6, 6.07) is 3.72. The first-order valence-electron chi connectivity index (χ1n) is 6.66. The first kappa shape index (κ1) is 15.8. The number of aromatic nitrogens is 2. The zero-order valence-corrected chi connectivity index (χ0v) is 13.3. The maximum atomic E-state index is 11.5. The molecule has 8 heteroatoms. The number of unbranched alkanes of at least 4 members (excludes halogenated alkanes) is 1. The smallest absolute Gasteiger partial charge is 0.316 e. The fourth-order valence-electron chi connectivity index (χ4n) is 1.41. The summed E-state index contributed by atoms with van der Waals surface area (Å²) in [5.74, 6) is 0.879. The zero-order valence-electron chi connectivity index (χ0n) is 11.7. The molecular formula is C13H17N3O3S2. The monoisotopic (exact) mass is 327 g/mol. The molecule has 6 nitrogen and oxygen atoms in total.